The Kier molecular flexibility index (Phi) is 5.71. The quantitative estimate of drug-likeness (QED) is 0.390. The van der Waals surface area contributed by atoms with Gasteiger partial charge in [0.25, 0.3) is 0 Å². The molecule has 12 heteroatoms. The van der Waals surface area contributed by atoms with E-state index in [0.29, 0.717) is 17.0 Å². The highest BCUT2D eigenvalue weighted by atomic mass is 31.2. The van der Waals surface area contributed by atoms with Gasteiger partial charge in [-0.1, -0.05) is 0 Å². The Hall–Kier alpha value is -1.25. The third kappa shape index (κ3) is 3.56. The summed E-state index contributed by atoms with van der Waals surface area (Å²) in [5.74, 6) is 0.293. The first-order valence-corrected chi connectivity index (χ1v) is 7.01. The van der Waals surface area contributed by atoms with E-state index >= 15 is 0 Å². The first-order chi connectivity index (χ1) is 10.1. The lowest BCUT2D eigenvalue weighted by Gasteiger charge is -2.15. The summed E-state index contributed by atoms with van der Waals surface area (Å²) in [4.78, 5) is 29.3. The number of fused-ring (bicyclic) bond motifs is 1. The molecule has 10 nitrogen and oxygen atoms in total. The van der Waals surface area contributed by atoms with Gasteiger partial charge in [0.05, 0.1) is 6.33 Å². The predicted octanol–water partition coefficient (Wildman–Crippen LogP) is 0.0799. The molecule has 0 fully saturated rings. The molecule has 120 valence electrons. The second kappa shape index (κ2) is 7.34. The van der Waals surface area contributed by atoms with Gasteiger partial charge in [-0.05, 0) is 12.2 Å². The lowest BCUT2D eigenvalue weighted by molar-refractivity contribution is -0.166. The van der Waals surface area contributed by atoms with Crippen LogP contribution in [0.1, 0.15) is 6.23 Å². The molecule has 2 aromatic rings. The Morgan fingerprint density at radius 3 is 2.91 bits per heavy atom. The van der Waals surface area contributed by atoms with Crippen molar-refractivity contribution in [1.82, 2.24) is 19.5 Å². The van der Waals surface area contributed by atoms with Gasteiger partial charge in [0.15, 0.2) is 30.8 Å². The molecule has 3 unspecified atom stereocenters. The molecule has 3 heterocycles. The van der Waals surface area contributed by atoms with Gasteiger partial charge in [0, 0.05) is 0 Å². The first kappa shape index (κ1) is 17.1. The standard InChI is InChI=1S/C10H12N5O5P.H3P/c11-9-8-10(13-3-12-9)15(4-14-8)6-1-2-7(20-6)18-5-19-21(16)17;/h1-4,6-7,16-17H,5H2,(H2,11,12,13);1H3. The minimum Gasteiger partial charge on any atom is -0.382 e. The molecule has 0 spiro atoms. The van der Waals surface area contributed by atoms with Crippen LogP contribution >= 0.6 is 18.5 Å². The fourth-order valence-corrected chi connectivity index (χ4v) is 2.02. The molecule has 4 N–H and O–H groups in total. The molecule has 0 saturated heterocycles. The molecule has 0 saturated carbocycles. The van der Waals surface area contributed by atoms with Crippen molar-refractivity contribution in [2.45, 2.75) is 12.5 Å². The van der Waals surface area contributed by atoms with E-state index in [1.54, 1.807) is 23.0 Å². The summed E-state index contributed by atoms with van der Waals surface area (Å²) in [6.45, 7) is -0.291. The van der Waals surface area contributed by atoms with Crippen molar-refractivity contribution in [3.05, 3.63) is 24.8 Å². The molecule has 2 aromatic heterocycles. The number of hydrogen-bond acceptors (Lipinski definition) is 9. The molecule has 1 aliphatic heterocycles. The summed E-state index contributed by atoms with van der Waals surface area (Å²) in [5.41, 5.74) is 6.76. The van der Waals surface area contributed by atoms with Crippen LogP contribution in [0.2, 0.25) is 0 Å². The van der Waals surface area contributed by atoms with Crippen LogP contribution in [0.5, 0.6) is 0 Å². The van der Waals surface area contributed by atoms with Crippen LogP contribution in [0.15, 0.2) is 24.8 Å². The fraction of sp³-hybridized carbons (Fsp3) is 0.300. The van der Waals surface area contributed by atoms with Gasteiger partial charge in [-0.15, -0.1) is 0 Å². The average Bonchev–Trinajstić information content (AvgIpc) is 3.05. The Morgan fingerprint density at radius 1 is 1.32 bits per heavy atom. The Bertz CT molecular complexity index is 666. The number of anilines is 1. The summed E-state index contributed by atoms with van der Waals surface area (Å²) in [5, 5.41) is 0. The lowest BCUT2D eigenvalue weighted by atomic mass is 10.4. The van der Waals surface area contributed by atoms with Crippen LogP contribution in [0.25, 0.3) is 11.2 Å². The SMILES string of the molecule is Nc1ncnc2c1ncn2C1C=CC(OCOP(O)O)O1.P. The largest absolute Gasteiger partial charge is 0.382 e. The van der Waals surface area contributed by atoms with Crippen LogP contribution in [0.3, 0.4) is 0 Å². The van der Waals surface area contributed by atoms with Crippen LogP contribution in [-0.4, -0.2) is 42.4 Å². The number of nitrogen functional groups attached to an aromatic ring is 1. The summed E-state index contributed by atoms with van der Waals surface area (Å²) in [6, 6.07) is 0. The minimum atomic E-state index is -2.45. The van der Waals surface area contributed by atoms with E-state index in [0.717, 1.165) is 0 Å². The molecule has 3 atom stereocenters. The maximum absolute atomic E-state index is 8.59. The van der Waals surface area contributed by atoms with Gasteiger partial charge >= 0.3 is 8.60 Å². The van der Waals surface area contributed by atoms with Crippen molar-refractivity contribution in [2.75, 3.05) is 12.5 Å². The monoisotopic (exact) mass is 347 g/mol. The number of hydrogen-bond donors (Lipinski definition) is 3. The number of imidazole rings is 1. The molecular formula is C10H15N5O5P2. The number of nitrogens with zero attached hydrogens (tertiary/aromatic N) is 4. The van der Waals surface area contributed by atoms with Crippen molar-refractivity contribution >= 4 is 35.5 Å². The zero-order valence-electron chi connectivity index (χ0n) is 11.3. The van der Waals surface area contributed by atoms with E-state index in [1.807, 2.05) is 0 Å². The summed E-state index contributed by atoms with van der Waals surface area (Å²) in [7, 11) is -2.45. The van der Waals surface area contributed by atoms with Crippen molar-refractivity contribution in [3.8, 4) is 0 Å². The van der Waals surface area contributed by atoms with Crippen molar-refractivity contribution in [2.24, 2.45) is 0 Å². The smallest absolute Gasteiger partial charge is 0.329 e. The maximum Gasteiger partial charge on any atom is 0.329 e. The van der Waals surface area contributed by atoms with Gasteiger partial charge in [-0.25, -0.2) is 15.0 Å². The molecular weight excluding hydrogens is 332 g/mol. The van der Waals surface area contributed by atoms with Gasteiger partial charge in [0.2, 0.25) is 0 Å². The summed E-state index contributed by atoms with van der Waals surface area (Å²) in [6.07, 6.45) is 5.19. The van der Waals surface area contributed by atoms with Gasteiger partial charge in [0.1, 0.15) is 11.8 Å². The number of rotatable bonds is 5. The average molecular weight is 347 g/mol. The van der Waals surface area contributed by atoms with Crippen molar-refractivity contribution < 1.29 is 23.8 Å². The predicted molar refractivity (Wildman–Crippen MR) is 82.3 cm³/mol. The maximum atomic E-state index is 8.59. The lowest BCUT2D eigenvalue weighted by Crippen LogP contribution is -2.16. The Morgan fingerprint density at radius 2 is 2.14 bits per heavy atom. The minimum absolute atomic E-state index is 0. The van der Waals surface area contributed by atoms with E-state index in [2.05, 4.69) is 19.5 Å². The topological polar surface area (TPSA) is 138 Å². The van der Waals surface area contributed by atoms with Crippen molar-refractivity contribution in [3.63, 3.8) is 0 Å². The van der Waals surface area contributed by atoms with Crippen LogP contribution < -0.4 is 5.73 Å². The van der Waals surface area contributed by atoms with E-state index in [1.165, 1.54) is 6.33 Å². The number of aromatic nitrogens is 4. The summed E-state index contributed by atoms with van der Waals surface area (Å²) < 4.78 is 16.9. The zero-order chi connectivity index (χ0) is 14.8. The highest BCUT2D eigenvalue weighted by molar-refractivity contribution is 7.39. The third-order valence-electron chi connectivity index (χ3n) is 2.77. The third-order valence-corrected chi connectivity index (χ3v) is 3.10. The number of nitrogens with two attached hydrogens (primary N) is 1. The molecule has 0 aromatic carbocycles. The molecule has 1 aliphatic rings. The number of ether oxygens (including phenoxy) is 2. The summed E-state index contributed by atoms with van der Waals surface area (Å²) >= 11 is 0. The molecule has 0 amide bonds. The fourth-order valence-electron chi connectivity index (χ4n) is 1.87. The molecule has 0 radical (unpaired) electrons. The second-order valence-electron chi connectivity index (χ2n) is 4.03. The molecule has 0 bridgehead atoms. The van der Waals surface area contributed by atoms with Gasteiger partial charge < -0.3 is 25.0 Å². The normalized spacial score (nSPS) is 20.7. The van der Waals surface area contributed by atoms with Gasteiger partial charge in [-0.3, -0.25) is 9.09 Å². The van der Waals surface area contributed by atoms with Crippen LogP contribution in [0, 0.1) is 0 Å². The highest BCUT2D eigenvalue weighted by Gasteiger charge is 2.23. The zero-order valence-corrected chi connectivity index (χ0v) is 13.6. The van der Waals surface area contributed by atoms with E-state index < -0.39 is 21.1 Å². The Balaban J connectivity index is 0.00000176. The van der Waals surface area contributed by atoms with Crippen LogP contribution in [-0.2, 0) is 14.0 Å². The van der Waals surface area contributed by atoms with E-state index in [-0.39, 0.29) is 16.7 Å². The van der Waals surface area contributed by atoms with Crippen LogP contribution in [0.4, 0.5) is 5.82 Å². The van der Waals surface area contributed by atoms with E-state index in [9.17, 15) is 0 Å². The van der Waals surface area contributed by atoms with Gasteiger partial charge in [-0.2, -0.15) is 9.90 Å². The highest BCUT2D eigenvalue weighted by Crippen LogP contribution is 2.28. The van der Waals surface area contributed by atoms with Crippen molar-refractivity contribution in [1.29, 1.82) is 0 Å². The molecule has 22 heavy (non-hydrogen) atoms. The second-order valence-corrected chi connectivity index (χ2v) is 4.79. The molecule has 3 rings (SSSR count). The Labute approximate surface area is 129 Å². The first-order valence-electron chi connectivity index (χ1n) is 5.84. The van der Waals surface area contributed by atoms with E-state index in [4.69, 9.17) is 25.0 Å². The molecule has 0 aliphatic carbocycles.